The van der Waals surface area contributed by atoms with Crippen LogP contribution in [-0.4, -0.2) is 92.6 Å². The lowest BCUT2D eigenvalue weighted by atomic mass is 10.0. The fraction of sp³-hybridized carbons (Fsp3) is 0.478. The summed E-state index contributed by atoms with van der Waals surface area (Å²) in [6, 6.07) is 5.75. The first kappa shape index (κ1) is 21.8. The molecule has 0 radical (unpaired) electrons. The summed E-state index contributed by atoms with van der Waals surface area (Å²) >= 11 is 0. The predicted octanol–water partition coefficient (Wildman–Crippen LogP) is 2.64. The largest absolute Gasteiger partial charge is 0.479 e. The van der Waals surface area contributed by atoms with Crippen LogP contribution in [0.4, 0.5) is 19.1 Å². The Morgan fingerprint density at radius 2 is 2.17 bits per heavy atom. The third-order valence-corrected chi connectivity index (χ3v) is 6.65. The molecule has 0 aliphatic carbocycles. The number of hydrogen-bond donors (Lipinski definition) is 1. The summed E-state index contributed by atoms with van der Waals surface area (Å²) in [5, 5.41) is 15.4. The fourth-order valence-corrected chi connectivity index (χ4v) is 4.72. The summed E-state index contributed by atoms with van der Waals surface area (Å²) in [5.41, 5.74) is 3.04. The Balaban J connectivity index is 1.27. The van der Waals surface area contributed by atoms with Gasteiger partial charge in [-0.3, -0.25) is 4.90 Å². The van der Waals surface area contributed by atoms with Crippen molar-refractivity contribution in [1.82, 2.24) is 34.5 Å². The first-order valence-electron chi connectivity index (χ1n) is 12.1. The highest BCUT2D eigenvalue weighted by Gasteiger charge is 2.35. The number of piperidine rings is 1. The van der Waals surface area contributed by atoms with E-state index in [0.717, 1.165) is 11.1 Å². The zero-order chi connectivity index (χ0) is 25.7. The standard InChI is InChI=1S/C23H25F3N8O2/c1-35-22-21-15(13-2-3-18-19(8-13)34(31-29-18)10-20(25)26)4-7-33(21)30-23(28-22)27-17-5-6-32(9-16(17)24)14-11-36-12-14/h2-4,7-8,14,16-17,20H,5-6,9-12H2,1H3,(H,27,30)/t16-,17+/m1/s1/i14D. The van der Waals surface area contributed by atoms with Crippen molar-refractivity contribution in [1.29, 1.82) is 0 Å². The van der Waals surface area contributed by atoms with Gasteiger partial charge in [0, 0.05) is 24.8 Å². The summed E-state index contributed by atoms with van der Waals surface area (Å²) in [5.74, 6) is 0.496. The molecule has 2 fully saturated rings. The van der Waals surface area contributed by atoms with Crippen molar-refractivity contribution in [2.75, 3.05) is 38.7 Å². The number of methoxy groups -OCH3 is 1. The predicted molar refractivity (Wildman–Crippen MR) is 125 cm³/mol. The zero-order valence-electron chi connectivity index (χ0n) is 20.4. The SMILES string of the molecule is [2H]C1(N2CC[C@H](Nc3nc(OC)c4c(-c5ccc6nnn(CC(F)F)c6c5)ccn4n3)[C@H](F)C2)COC1. The molecule has 190 valence electrons. The van der Waals surface area contributed by atoms with Gasteiger partial charge in [0.25, 0.3) is 6.43 Å². The highest BCUT2D eigenvalue weighted by Crippen LogP contribution is 2.33. The van der Waals surface area contributed by atoms with E-state index in [4.69, 9.17) is 10.8 Å². The number of anilines is 1. The number of ether oxygens (including phenoxy) is 2. The van der Waals surface area contributed by atoms with Gasteiger partial charge in [-0.25, -0.2) is 22.4 Å². The van der Waals surface area contributed by atoms with E-state index in [9.17, 15) is 8.78 Å². The minimum Gasteiger partial charge on any atom is -0.479 e. The zero-order valence-corrected chi connectivity index (χ0v) is 19.4. The van der Waals surface area contributed by atoms with Gasteiger partial charge in [0.15, 0.2) is 0 Å². The van der Waals surface area contributed by atoms with Crippen molar-refractivity contribution in [3.8, 4) is 17.0 Å². The maximum Gasteiger partial charge on any atom is 0.258 e. The molecule has 6 rings (SSSR count). The Morgan fingerprint density at radius 3 is 2.89 bits per heavy atom. The number of benzene rings is 1. The maximum atomic E-state index is 15.0. The van der Waals surface area contributed by atoms with E-state index in [0.29, 0.717) is 42.7 Å². The second-order valence-electron chi connectivity index (χ2n) is 8.89. The third-order valence-electron chi connectivity index (χ3n) is 6.65. The molecular formula is C23H25F3N8O2. The van der Waals surface area contributed by atoms with Gasteiger partial charge >= 0.3 is 0 Å². The molecule has 0 saturated carbocycles. The van der Waals surface area contributed by atoms with Crippen LogP contribution >= 0.6 is 0 Å². The molecule has 36 heavy (non-hydrogen) atoms. The van der Waals surface area contributed by atoms with Crippen molar-refractivity contribution in [2.45, 2.75) is 37.6 Å². The van der Waals surface area contributed by atoms with Crippen LogP contribution in [0, 0.1) is 0 Å². The second kappa shape index (κ2) is 9.21. The minimum absolute atomic E-state index is 0.136. The van der Waals surface area contributed by atoms with E-state index in [2.05, 4.69) is 25.7 Å². The van der Waals surface area contributed by atoms with Crippen LogP contribution in [-0.2, 0) is 11.3 Å². The van der Waals surface area contributed by atoms with Crippen LogP contribution < -0.4 is 10.1 Å². The van der Waals surface area contributed by atoms with Crippen LogP contribution in [0.3, 0.4) is 0 Å². The molecule has 5 heterocycles. The molecule has 4 aromatic rings. The monoisotopic (exact) mass is 503 g/mol. The molecule has 0 unspecified atom stereocenters. The molecule has 3 aromatic heterocycles. The molecule has 1 aromatic carbocycles. The highest BCUT2D eigenvalue weighted by atomic mass is 19.3. The minimum atomic E-state index is -2.56. The van der Waals surface area contributed by atoms with E-state index in [1.165, 1.54) is 11.8 Å². The molecule has 2 aliphatic rings. The van der Waals surface area contributed by atoms with Crippen LogP contribution in [0.15, 0.2) is 30.5 Å². The number of aromatic nitrogens is 6. The molecule has 2 atom stereocenters. The quantitative estimate of drug-likeness (QED) is 0.412. The molecule has 0 spiro atoms. The summed E-state index contributed by atoms with van der Waals surface area (Å²) in [6.45, 7) is 0.739. The van der Waals surface area contributed by atoms with E-state index < -0.39 is 31.2 Å². The Labute approximate surface area is 205 Å². The van der Waals surface area contributed by atoms with Gasteiger partial charge in [-0.05, 0) is 30.2 Å². The van der Waals surface area contributed by atoms with Crippen LogP contribution in [0.1, 0.15) is 7.79 Å². The van der Waals surface area contributed by atoms with E-state index in [1.807, 2.05) is 17.0 Å². The second-order valence-corrected chi connectivity index (χ2v) is 8.89. The molecule has 13 heteroatoms. The maximum absolute atomic E-state index is 15.0. The van der Waals surface area contributed by atoms with Crippen molar-refractivity contribution in [3.05, 3.63) is 30.5 Å². The molecule has 2 aliphatic heterocycles. The third kappa shape index (κ3) is 4.11. The number of alkyl halides is 3. The summed E-state index contributed by atoms with van der Waals surface area (Å²) in [7, 11) is 1.48. The summed E-state index contributed by atoms with van der Waals surface area (Å²) in [6.07, 6.45) is -1.54. The Morgan fingerprint density at radius 1 is 1.31 bits per heavy atom. The van der Waals surface area contributed by atoms with Crippen molar-refractivity contribution < 1.29 is 24.0 Å². The highest BCUT2D eigenvalue weighted by molar-refractivity contribution is 5.89. The van der Waals surface area contributed by atoms with Gasteiger partial charge < -0.3 is 14.8 Å². The van der Waals surface area contributed by atoms with Crippen LogP contribution in [0.25, 0.3) is 27.7 Å². The summed E-state index contributed by atoms with van der Waals surface area (Å²) < 4.78 is 62.8. The Bertz CT molecular complexity index is 1440. The number of halogens is 3. The molecule has 0 bridgehead atoms. The lowest BCUT2D eigenvalue weighted by molar-refractivity contribution is -0.0794. The number of fused-ring (bicyclic) bond motifs is 2. The van der Waals surface area contributed by atoms with E-state index >= 15 is 4.39 Å². The fourth-order valence-electron chi connectivity index (χ4n) is 4.72. The average Bonchev–Trinajstić information content (AvgIpc) is 3.47. The number of nitrogens with zero attached hydrogens (tertiary/aromatic N) is 7. The van der Waals surface area contributed by atoms with E-state index in [1.54, 1.807) is 22.8 Å². The van der Waals surface area contributed by atoms with Crippen LogP contribution in [0.5, 0.6) is 5.88 Å². The van der Waals surface area contributed by atoms with E-state index in [-0.39, 0.29) is 18.4 Å². The summed E-state index contributed by atoms with van der Waals surface area (Å²) in [4.78, 5) is 6.30. The Hall–Kier alpha value is -3.45. The first-order chi connectivity index (χ1) is 17.8. The normalized spacial score (nSPS) is 22.6. The smallest absolute Gasteiger partial charge is 0.258 e. The lowest BCUT2D eigenvalue weighted by Crippen LogP contribution is -2.57. The molecule has 0 amide bonds. The molecule has 2 saturated heterocycles. The average molecular weight is 504 g/mol. The molecule has 10 nitrogen and oxygen atoms in total. The van der Waals surface area contributed by atoms with Gasteiger partial charge in [-0.1, -0.05) is 11.3 Å². The van der Waals surface area contributed by atoms with Crippen molar-refractivity contribution >= 4 is 22.5 Å². The van der Waals surface area contributed by atoms with Crippen molar-refractivity contribution in [3.63, 3.8) is 0 Å². The van der Waals surface area contributed by atoms with Gasteiger partial charge in [-0.15, -0.1) is 10.2 Å². The topological polar surface area (TPSA) is 94.6 Å². The Kier molecular flexibility index (Phi) is 5.58. The number of likely N-dealkylation sites (tertiary alicyclic amines) is 1. The number of rotatable bonds is 7. The van der Waals surface area contributed by atoms with Crippen molar-refractivity contribution in [2.24, 2.45) is 0 Å². The lowest BCUT2D eigenvalue weighted by Gasteiger charge is -2.42. The number of hydrogen-bond acceptors (Lipinski definition) is 8. The molecule has 1 N–H and O–H groups in total. The first-order valence-corrected chi connectivity index (χ1v) is 11.6. The van der Waals surface area contributed by atoms with Gasteiger partial charge in [0.1, 0.15) is 23.7 Å². The van der Waals surface area contributed by atoms with Gasteiger partial charge in [0.2, 0.25) is 11.8 Å². The van der Waals surface area contributed by atoms with Crippen LogP contribution in [0.2, 0.25) is 0 Å². The van der Waals surface area contributed by atoms with Gasteiger partial charge in [0.05, 0.1) is 39.3 Å². The number of nitrogens with one attached hydrogen (secondary N) is 1. The van der Waals surface area contributed by atoms with Gasteiger partial charge in [-0.2, -0.15) is 4.98 Å². The molecular weight excluding hydrogens is 477 g/mol.